The van der Waals surface area contributed by atoms with Gasteiger partial charge in [-0.25, -0.2) is 0 Å². The molecule has 0 radical (unpaired) electrons. The molecule has 1 saturated carbocycles. The summed E-state index contributed by atoms with van der Waals surface area (Å²) >= 11 is 5.23. The second-order valence-electron chi connectivity index (χ2n) is 4.34. The van der Waals surface area contributed by atoms with Crippen molar-refractivity contribution in [2.45, 2.75) is 45.3 Å². The highest BCUT2D eigenvalue weighted by Crippen LogP contribution is 2.28. The molecule has 0 saturated heterocycles. The smallest absolute Gasteiger partial charge is 0.0813 e. The number of thiophene rings is 1. The highest BCUT2D eigenvalue weighted by molar-refractivity contribution is 9.10. The molecule has 1 aliphatic rings. The van der Waals surface area contributed by atoms with Crippen LogP contribution < -0.4 is 0 Å². The van der Waals surface area contributed by atoms with E-state index in [0.717, 1.165) is 12.5 Å². The van der Waals surface area contributed by atoms with Crippen molar-refractivity contribution in [3.8, 4) is 0 Å². The molecule has 1 nitrogen and oxygen atoms in total. The Hall–Kier alpha value is 0.140. The molecule has 1 fully saturated rings. The van der Waals surface area contributed by atoms with Crippen molar-refractivity contribution in [3.63, 3.8) is 0 Å². The van der Waals surface area contributed by atoms with Crippen LogP contribution in [0.3, 0.4) is 0 Å². The van der Waals surface area contributed by atoms with Crippen molar-refractivity contribution >= 4 is 27.3 Å². The number of rotatable bonds is 3. The van der Waals surface area contributed by atoms with Gasteiger partial charge in [0.15, 0.2) is 0 Å². The molecule has 0 bridgehead atoms. The van der Waals surface area contributed by atoms with Gasteiger partial charge in [0, 0.05) is 14.7 Å². The summed E-state index contributed by atoms with van der Waals surface area (Å²) in [4.78, 5) is 1.32. The maximum atomic E-state index is 5.98. The third-order valence-electron chi connectivity index (χ3n) is 3.09. The maximum absolute atomic E-state index is 5.98. The van der Waals surface area contributed by atoms with Crippen molar-refractivity contribution in [2.24, 2.45) is 5.92 Å². The van der Waals surface area contributed by atoms with Gasteiger partial charge in [-0.3, -0.25) is 0 Å². The zero-order valence-corrected chi connectivity index (χ0v) is 11.4. The van der Waals surface area contributed by atoms with Gasteiger partial charge in [0.25, 0.3) is 0 Å². The minimum atomic E-state index is 0.486. The first-order valence-corrected chi connectivity index (χ1v) is 7.27. The first-order valence-electron chi connectivity index (χ1n) is 5.60. The first kappa shape index (κ1) is 11.6. The van der Waals surface area contributed by atoms with E-state index in [9.17, 15) is 0 Å². The van der Waals surface area contributed by atoms with E-state index in [1.807, 2.05) is 0 Å². The lowest BCUT2D eigenvalue weighted by atomic mass is 9.88. The summed E-state index contributed by atoms with van der Waals surface area (Å²) in [6, 6.07) is 2.15. The van der Waals surface area contributed by atoms with E-state index in [1.165, 1.54) is 35.0 Å². The molecule has 1 aromatic heterocycles. The fourth-order valence-electron chi connectivity index (χ4n) is 2.15. The van der Waals surface area contributed by atoms with Crippen LogP contribution in [0.4, 0.5) is 0 Å². The lowest BCUT2D eigenvalue weighted by Crippen LogP contribution is -2.25. The van der Waals surface area contributed by atoms with Crippen LogP contribution in [0.15, 0.2) is 15.9 Å². The van der Waals surface area contributed by atoms with E-state index in [0.29, 0.717) is 6.10 Å². The van der Waals surface area contributed by atoms with Gasteiger partial charge >= 0.3 is 0 Å². The Kier molecular flexibility index (Phi) is 4.23. The number of ether oxygens (including phenoxy) is 1. The zero-order chi connectivity index (χ0) is 10.7. The van der Waals surface area contributed by atoms with Crippen molar-refractivity contribution in [1.29, 1.82) is 0 Å². The van der Waals surface area contributed by atoms with Crippen LogP contribution in [0.25, 0.3) is 0 Å². The highest BCUT2D eigenvalue weighted by atomic mass is 79.9. The summed E-state index contributed by atoms with van der Waals surface area (Å²) in [6.45, 7) is 3.10. The topological polar surface area (TPSA) is 9.23 Å². The predicted octanol–water partition coefficient (Wildman–Crippen LogP) is 4.61. The number of halogens is 1. The van der Waals surface area contributed by atoms with Gasteiger partial charge in [0.2, 0.25) is 0 Å². The minimum Gasteiger partial charge on any atom is -0.372 e. The van der Waals surface area contributed by atoms with Crippen molar-refractivity contribution in [1.82, 2.24) is 0 Å². The molecular weight excluding hydrogens is 272 g/mol. The third kappa shape index (κ3) is 3.30. The van der Waals surface area contributed by atoms with Gasteiger partial charge in [0.1, 0.15) is 0 Å². The summed E-state index contributed by atoms with van der Waals surface area (Å²) < 4.78 is 7.15. The zero-order valence-electron chi connectivity index (χ0n) is 9.04. The normalized spacial score (nSPS) is 26.8. The Balaban J connectivity index is 1.81. The minimum absolute atomic E-state index is 0.486. The van der Waals surface area contributed by atoms with Gasteiger partial charge in [-0.05, 0) is 40.8 Å². The van der Waals surface area contributed by atoms with E-state index in [2.05, 4.69) is 34.3 Å². The van der Waals surface area contributed by atoms with Crippen LogP contribution in [0.5, 0.6) is 0 Å². The van der Waals surface area contributed by atoms with Crippen LogP contribution in [0, 0.1) is 5.92 Å². The molecular formula is C12H17BrOS. The van der Waals surface area contributed by atoms with Gasteiger partial charge in [-0.15, -0.1) is 11.3 Å². The molecule has 2 unspecified atom stereocenters. The van der Waals surface area contributed by atoms with E-state index in [4.69, 9.17) is 4.74 Å². The predicted molar refractivity (Wildman–Crippen MR) is 68.2 cm³/mol. The molecule has 0 aliphatic heterocycles. The molecule has 15 heavy (non-hydrogen) atoms. The molecule has 1 aliphatic carbocycles. The monoisotopic (exact) mass is 288 g/mol. The fourth-order valence-corrected chi connectivity index (χ4v) is 3.52. The molecule has 0 spiro atoms. The van der Waals surface area contributed by atoms with E-state index in [1.54, 1.807) is 11.3 Å². The molecule has 0 N–H and O–H groups in total. The lowest BCUT2D eigenvalue weighted by molar-refractivity contribution is -0.0143. The Morgan fingerprint density at radius 3 is 2.93 bits per heavy atom. The first-order chi connectivity index (χ1) is 7.25. The van der Waals surface area contributed by atoms with Gasteiger partial charge in [-0.2, -0.15) is 0 Å². The summed E-state index contributed by atoms with van der Waals surface area (Å²) in [5.74, 6) is 0.738. The van der Waals surface area contributed by atoms with Crippen LogP contribution >= 0.6 is 27.3 Å². The number of hydrogen-bond donors (Lipinski definition) is 0. The molecule has 3 heteroatoms. The molecule has 84 valence electrons. The Bertz CT molecular complexity index is 310. The third-order valence-corrected chi connectivity index (χ3v) is 4.77. The van der Waals surface area contributed by atoms with Gasteiger partial charge in [-0.1, -0.05) is 19.8 Å². The number of hydrogen-bond acceptors (Lipinski definition) is 2. The summed E-state index contributed by atoms with van der Waals surface area (Å²) in [5.41, 5.74) is 0. The van der Waals surface area contributed by atoms with E-state index in [-0.39, 0.29) is 0 Å². The molecule has 2 atom stereocenters. The van der Waals surface area contributed by atoms with Crippen LogP contribution in [-0.4, -0.2) is 6.10 Å². The summed E-state index contributed by atoms with van der Waals surface area (Å²) in [7, 11) is 0. The van der Waals surface area contributed by atoms with Crippen molar-refractivity contribution in [3.05, 3.63) is 20.8 Å². The quantitative estimate of drug-likeness (QED) is 0.789. The molecule has 1 aromatic rings. The maximum Gasteiger partial charge on any atom is 0.0813 e. The van der Waals surface area contributed by atoms with Crippen molar-refractivity contribution in [2.75, 3.05) is 0 Å². The highest BCUT2D eigenvalue weighted by Gasteiger charge is 2.21. The van der Waals surface area contributed by atoms with Gasteiger partial charge in [0.05, 0.1) is 12.7 Å². The Labute approximate surface area is 104 Å². The Morgan fingerprint density at radius 2 is 2.27 bits per heavy atom. The second-order valence-corrected chi connectivity index (χ2v) is 6.25. The van der Waals surface area contributed by atoms with Crippen molar-refractivity contribution < 1.29 is 4.74 Å². The Morgan fingerprint density at radius 1 is 1.47 bits per heavy atom. The molecule has 2 rings (SSSR count). The standard InChI is InChI=1S/C12H17BrOS/c1-9-4-2-3-5-12(9)14-7-11-6-10(13)8-15-11/h6,8-9,12H,2-5,7H2,1H3. The van der Waals surface area contributed by atoms with Gasteiger partial charge < -0.3 is 4.74 Å². The largest absolute Gasteiger partial charge is 0.372 e. The lowest BCUT2D eigenvalue weighted by Gasteiger charge is -2.28. The van der Waals surface area contributed by atoms with Crippen LogP contribution in [0.1, 0.15) is 37.5 Å². The fraction of sp³-hybridized carbons (Fsp3) is 0.667. The second kappa shape index (κ2) is 5.46. The molecule has 0 aromatic carbocycles. The van der Waals surface area contributed by atoms with E-state index < -0.39 is 0 Å². The van der Waals surface area contributed by atoms with Crippen LogP contribution in [-0.2, 0) is 11.3 Å². The summed E-state index contributed by atoms with van der Waals surface area (Å²) in [6.07, 6.45) is 5.78. The molecule has 1 heterocycles. The average molecular weight is 289 g/mol. The average Bonchev–Trinajstić information content (AvgIpc) is 2.63. The SMILES string of the molecule is CC1CCCCC1OCc1cc(Br)cs1. The summed E-state index contributed by atoms with van der Waals surface area (Å²) in [5, 5.41) is 2.11. The van der Waals surface area contributed by atoms with Crippen LogP contribution in [0.2, 0.25) is 0 Å². The molecule has 0 amide bonds. The van der Waals surface area contributed by atoms with E-state index >= 15 is 0 Å².